The first-order valence-corrected chi connectivity index (χ1v) is 10.2. The van der Waals surface area contributed by atoms with Crippen LogP contribution < -0.4 is 10.1 Å². The molecule has 0 unspecified atom stereocenters. The van der Waals surface area contributed by atoms with Crippen LogP contribution in [-0.2, 0) is 20.9 Å². The number of rotatable bonds is 7. The number of aromatic nitrogens is 1. The van der Waals surface area contributed by atoms with Crippen molar-refractivity contribution in [3.8, 4) is 11.8 Å². The molecule has 1 aromatic heterocycles. The van der Waals surface area contributed by atoms with Crippen molar-refractivity contribution in [1.82, 2.24) is 4.57 Å². The number of aryl methyl sites for hydroxylation is 1. The second kappa shape index (κ2) is 9.23. The fourth-order valence-electron chi connectivity index (χ4n) is 3.62. The van der Waals surface area contributed by atoms with Crippen molar-refractivity contribution in [2.45, 2.75) is 13.5 Å². The smallest absolute Gasteiger partial charge is 0.344 e. The minimum absolute atomic E-state index is 0.332. The van der Waals surface area contributed by atoms with Crippen molar-refractivity contribution >= 4 is 39.4 Å². The molecule has 4 aromatic rings. The lowest BCUT2D eigenvalue weighted by Crippen LogP contribution is -2.23. The number of anilines is 1. The van der Waals surface area contributed by atoms with Crippen molar-refractivity contribution in [3.05, 3.63) is 72.3 Å². The molecule has 0 fully saturated rings. The van der Waals surface area contributed by atoms with Gasteiger partial charge in [-0.05, 0) is 55.5 Å². The van der Waals surface area contributed by atoms with Gasteiger partial charge in [-0.15, -0.1) is 0 Å². The number of nitrogens with one attached hydrogen (secondary N) is 1. The summed E-state index contributed by atoms with van der Waals surface area (Å²) in [5.74, 6) is -0.661. The summed E-state index contributed by atoms with van der Waals surface area (Å²) in [6, 6.07) is 22.2. The maximum atomic E-state index is 12.3. The highest BCUT2D eigenvalue weighted by molar-refractivity contribution is 6.09. The van der Waals surface area contributed by atoms with E-state index in [4.69, 9.17) is 14.7 Å². The van der Waals surface area contributed by atoms with E-state index in [-0.39, 0.29) is 6.61 Å². The van der Waals surface area contributed by atoms with E-state index >= 15 is 0 Å². The number of hydrogen-bond donors (Lipinski definition) is 1. The molecule has 1 heterocycles. The lowest BCUT2D eigenvalue weighted by atomic mass is 10.1. The third kappa shape index (κ3) is 4.40. The van der Waals surface area contributed by atoms with E-state index in [2.05, 4.69) is 28.9 Å². The third-order valence-corrected chi connectivity index (χ3v) is 5.08. The van der Waals surface area contributed by atoms with Crippen LogP contribution in [0.15, 0.2) is 66.7 Å². The molecule has 0 bridgehead atoms. The highest BCUT2D eigenvalue weighted by atomic mass is 16.6. The van der Waals surface area contributed by atoms with Gasteiger partial charge in [0.25, 0.3) is 5.91 Å². The predicted molar refractivity (Wildman–Crippen MR) is 121 cm³/mol. The highest BCUT2D eigenvalue weighted by Crippen LogP contribution is 2.30. The number of para-hydroxylation sites is 1. The number of esters is 1. The van der Waals surface area contributed by atoms with Gasteiger partial charge in [-0.1, -0.05) is 18.2 Å². The Labute approximate surface area is 184 Å². The summed E-state index contributed by atoms with van der Waals surface area (Å²) < 4.78 is 12.5. The van der Waals surface area contributed by atoms with Crippen LogP contribution in [0.25, 0.3) is 21.8 Å². The number of nitrogens with zero attached hydrogens (tertiary/aromatic N) is 2. The molecule has 0 atom stereocenters. The number of amides is 1. The first-order valence-electron chi connectivity index (χ1n) is 10.2. The van der Waals surface area contributed by atoms with Crippen molar-refractivity contribution in [2.75, 3.05) is 18.5 Å². The molecular formula is C25H21N3O4. The maximum Gasteiger partial charge on any atom is 0.344 e. The Hall–Kier alpha value is -4.31. The second-order valence-electron chi connectivity index (χ2n) is 7.13. The maximum absolute atomic E-state index is 12.3. The molecule has 0 aliphatic rings. The van der Waals surface area contributed by atoms with E-state index in [0.717, 1.165) is 28.4 Å². The van der Waals surface area contributed by atoms with Gasteiger partial charge in [0.2, 0.25) is 0 Å². The minimum atomic E-state index is -0.661. The fraction of sp³-hybridized carbons (Fsp3) is 0.160. The normalized spacial score (nSPS) is 10.6. The molecule has 0 saturated heterocycles. The number of benzene rings is 3. The third-order valence-electron chi connectivity index (χ3n) is 5.08. The van der Waals surface area contributed by atoms with E-state index in [0.29, 0.717) is 17.0 Å². The summed E-state index contributed by atoms with van der Waals surface area (Å²) in [5, 5.41) is 13.7. The number of hydrogen-bond acceptors (Lipinski definition) is 5. The Kier molecular flexibility index (Phi) is 6.04. The standard InChI is InChI=1S/C25H21N3O4/c1-2-28-22-6-4-3-5-20(22)21-13-18(9-12-23(21)28)27-24(29)15-32-25(30)16-31-19-10-7-17(14-26)8-11-19/h3-13H,2,15-16H2,1H3,(H,27,29). The second-order valence-corrected chi connectivity index (χ2v) is 7.13. The van der Waals surface area contributed by atoms with Crippen LogP contribution in [0.2, 0.25) is 0 Å². The van der Waals surface area contributed by atoms with E-state index < -0.39 is 18.5 Å². The van der Waals surface area contributed by atoms with Gasteiger partial charge in [0.15, 0.2) is 13.2 Å². The molecule has 0 saturated carbocycles. The highest BCUT2D eigenvalue weighted by Gasteiger charge is 2.12. The van der Waals surface area contributed by atoms with E-state index in [1.54, 1.807) is 24.3 Å². The Balaban J connectivity index is 1.35. The van der Waals surface area contributed by atoms with Crippen molar-refractivity contribution < 1.29 is 19.1 Å². The molecule has 1 amide bonds. The number of carbonyl (C=O) groups excluding carboxylic acids is 2. The predicted octanol–water partition coefficient (Wildman–Crippen LogP) is 4.25. The number of carbonyl (C=O) groups is 2. The molecule has 7 nitrogen and oxygen atoms in total. The zero-order chi connectivity index (χ0) is 22.5. The average molecular weight is 427 g/mol. The molecule has 0 radical (unpaired) electrons. The van der Waals surface area contributed by atoms with Crippen molar-refractivity contribution in [2.24, 2.45) is 0 Å². The van der Waals surface area contributed by atoms with Gasteiger partial charge in [0, 0.05) is 34.0 Å². The summed E-state index contributed by atoms with van der Waals surface area (Å²) in [5.41, 5.74) is 3.36. The molecule has 32 heavy (non-hydrogen) atoms. The van der Waals surface area contributed by atoms with Gasteiger partial charge in [-0.2, -0.15) is 5.26 Å². The largest absolute Gasteiger partial charge is 0.482 e. The lowest BCUT2D eigenvalue weighted by molar-refractivity contribution is -0.149. The Morgan fingerprint density at radius 2 is 1.72 bits per heavy atom. The van der Waals surface area contributed by atoms with Crippen LogP contribution in [0.4, 0.5) is 5.69 Å². The molecule has 7 heteroatoms. The SMILES string of the molecule is CCn1c2ccccc2c2cc(NC(=O)COC(=O)COc3ccc(C#N)cc3)ccc21. The zero-order valence-electron chi connectivity index (χ0n) is 17.5. The molecule has 1 N–H and O–H groups in total. The first kappa shape index (κ1) is 20.9. The Bertz CT molecular complexity index is 1330. The summed E-state index contributed by atoms with van der Waals surface area (Å²) >= 11 is 0. The van der Waals surface area contributed by atoms with Gasteiger partial charge in [0.1, 0.15) is 5.75 Å². The lowest BCUT2D eigenvalue weighted by Gasteiger charge is -2.08. The number of fused-ring (bicyclic) bond motifs is 3. The molecule has 3 aromatic carbocycles. The van der Waals surface area contributed by atoms with Gasteiger partial charge in [-0.25, -0.2) is 4.79 Å². The van der Waals surface area contributed by atoms with Crippen LogP contribution in [0.5, 0.6) is 5.75 Å². The molecule has 4 rings (SSSR count). The summed E-state index contributed by atoms with van der Waals surface area (Å²) in [7, 11) is 0. The van der Waals surface area contributed by atoms with Crippen LogP contribution in [-0.4, -0.2) is 29.7 Å². The van der Waals surface area contributed by atoms with Gasteiger partial charge < -0.3 is 19.4 Å². The number of nitriles is 1. The zero-order valence-corrected chi connectivity index (χ0v) is 17.5. The minimum Gasteiger partial charge on any atom is -0.482 e. The van der Waals surface area contributed by atoms with Crippen molar-refractivity contribution in [1.29, 1.82) is 5.26 Å². The number of ether oxygens (including phenoxy) is 2. The van der Waals surface area contributed by atoms with Crippen LogP contribution in [0.3, 0.4) is 0 Å². The van der Waals surface area contributed by atoms with E-state index in [1.807, 2.05) is 36.4 Å². The monoisotopic (exact) mass is 427 g/mol. The summed E-state index contributed by atoms with van der Waals surface area (Å²) in [4.78, 5) is 24.1. The fourth-order valence-corrected chi connectivity index (χ4v) is 3.62. The molecule has 0 spiro atoms. The van der Waals surface area contributed by atoms with E-state index in [1.165, 1.54) is 0 Å². The van der Waals surface area contributed by atoms with Crippen LogP contribution >= 0.6 is 0 Å². The van der Waals surface area contributed by atoms with Crippen molar-refractivity contribution in [3.63, 3.8) is 0 Å². The topological polar surface area (TPSA) is 93.3 Å². The Morgan fingerprint density at radius 1 is 0.969 bits per heavy atom. The summed E-state index contributed by atoms with van der Waals surface area (Å²) in [6.45, 7) is 2.20. The average Bonchev–Trinajstić information content (AvgIpc) is 3.14. The van der Waals surface area contributed by atoms with Gasteiger partial charge >= 0.3 is 5.97 Å². The summed E-state index contributed by atoms with van der Waals surface area (Å²) in [6.07, 6.45) is 0. The Morgan fingerprint density at radius 3 is 2.47 bits per heavy atom. The van der Waals surface area contributed by atoms with E-state index in [9.17, 15) is 9.59 Å². The van der Waals surface area contributed by atoms with Crippen LogP contribution in [0, 0.1) is 11.3 Å². The quantitative estimate of drug-likeness (QED) is 0.445. The molecule has 0 aliphatic heterocycles. The molecule has 160 valence electrons. The molecular weight excluding hydrogens is 406 g/mol. The van der Waals surface area contributed by atoms with Crippen LogP contribution in [0.1, 0.15) is 12.5 Å². The first-order chi connectivity index (χ1) is 15.6. The van der Waals surface area contributed by atoms with Gasteiger partial charge in [-0.3, -0.25) is 4.79 Å². The molecule has 0 aliphatic carbocycles. The van der Waals surface area contributed by atoms with Gasteiger partial charge in [0.05, 0.1) is 11.6 Å².